The molecule has 2 aromatic rings. The average Bonchev–Trinajstić information content (AvgIpc) is 2.91. The van der Waals surface area contributed by atoms with Crippen LogP contribution < -0.4 is 10.1 Å². The van der Waals surface area contributed by atoms with E-state index in [1.165, 1.54) is 17.9 Å². The van der Waals surface area contributed by atoms with Gasteiger partial charge in [0, 0.05) is 11.4 Å². The van der Waals surface area contributed by atoms with Gasteiger partial charge in [-0.2, -0.15) is 11.8 Å². The van der Waals surface area contributed by atoms with Crippen molar-refractivity contribution < 1.29 is 9.15 Å². The molecule has 0 fully saturated rings. The Kier molecular flexibility index (Phi) is 6.00. The number of thioether (sulfide) groups is 1. The summed E-state index contributed by atoms with van der Waals surface area (Å²) in [6.07, 6.45) is 1.17. The number of ether oxygens (including phenoxy) is 1. The highest BCUT2D eigenvalue weighted by Crippen LogP contribution is 2.31. The van der Waals surface area contributed by atoms with Gasteiger partial charge < -0.3 is 14.5 Å². The molecule has 2 atom stereocenters. The molecule has 0 radical (unpaired) electrons. The van der Waals surface area contributed by atoms with Gasteiger partial charge in [0.25, 0.3) is 0 Å². The molecule has 2 rings (SSSR count). The molecular formula is C17H25NO2S. The molecular weight excluding hydrogens is 282 g/mol. The van der Waals surface area contributed by atoms with E-state index < -0.39 is 0 Å². The molecule has 1 aromatic carbocycles. The summed E-state index contributed by atoms with van der Waals surface area (Å²) in [4.78, 5) is 0. The molecule has 0 aliphatic heterocycles. The van der Waals surface area contributed by atoms with Gasteiger partial charge in [-0.05, 0) is 43.9 Å². The maximum absolute atomic E-state index is 5.99. The van der Waals surface area contributed by atoms with E-state index >= 15 is 0 Å². The first-order valence-corrected chi connectivity index (χ1v) is 8.71. The Morgan fingerprint density at radius 2 is 2.14 bits per heavy atom. The predicted octanol–water partition coefficient (Wildman–Crippen LogP) is 4.62. The number of nitrogens with one attached hydrogen (secondary N) is 1. The Morgan fingerprint density at radius 3 is 2.86 bits per heavy atom. The quantitative estimate of drug-likeness (QED) is 0.721. The molecule has 0 saturated carbocycles. The first kappa shape index (κ1) is 16.2. The van der Waals surface area contributed by atoms with Gasteiger partial charge in [-0.1, -0.05) is 19.1 Å². The van der Waals surface area contributed by atoms with E-state index in [-0.39, 0.29) is 6.04 Å². The van der Waals surface area contributed by atoms with Gasteiger partial charge in [-0.25, -0.2) is 0 Å². The van der Waals surface area contributed by atoms with Crippen molar-refractivity contribution in [2.75, 3.05) is 18.6 Å². The fourth-order valence-corrected chi connectivity index (χ4v) is 3.24. The minimum Gasteiger partial charge on any atom is -0.493 e. The minimum atomic E-state index is 0.198. The molecule has 1 N–H and O–H groups in total. The van der Waals surface area contributed by atoms with Gasteiger partial charge in [-0.15, -0.1) is 0 Å². The van der Waals surface area contributed by atoms with E-state index in [0.717, 1.165) is 22.5 Å². The van der Waals surface area contributed by atoms with Gasteiger partial charge in [-0.3, -0.25) is 0 Å². The van der Waals surface area contributed by atoms with Crippen LogP contribution in [0.5, 0.6) is 5.75 Å². The van der Waals surface area contributed by atoms with Gasteiger partial charge in [0.2, 0.25) is 0 Å². The standard InChI is InChI=1S/C17H25NO2S/c1-5-21-10-9-12(2)18-13(3)16-11-14-7-6-8-15(19-4)17(14)20-16/h6-8,11-13,18H,5,9-10H2,1-4H3. The summed E-state index contributed by atoms with van der Waals surface area (Å²) in [6.45, 7) is 6.58. The fourth-order valence-electron chi connectivity index (χ4n) is 2.43. The van der Waals surface area contributed by atoms with Crippen molar-refractivity contribution in [1.82, 2.24) is 5.32 Å². The molecule has 3 nitrogen and oxygen atoms in total. The van der Waals surface area contributed by atoms with Crippen LogP contribution in [0.1, 0.15) is 39.0 Å². The van der Waals surface area contributed by atoms with Gasteiger partial charge >= 0.3 is 0 Å². The molecule has 2 unspecified atom stereocenters. The van der Waals surface area contributed by atoms with E-state index in [2.05, 4.69) is 38.2 Å². The summed E-state index contributed by atoms with van der Waals surface area (Å²) < 4.78 is 11.3. The van der Waals surface area contributed by atoms with Crippen molar-refractivity contribution in [2.24, 2.45) is 0 Å². The molecule has 1 aromatic heterocycles. The first-order chi connectivity index (χ1) is 10.2. The number of hydrogen-bond donors (Lipinski definition) is 1. The van der Waals surface area contributed by atoms with Crippen LogP contribution in [0.25, 0.3) is 11.0 Å². The third-order valence-electron chi connectivity index (χ3n) is 3.61. The van der Waals surface area contributed by atoms with E-state index in [1.807, 2.05) is 23.9 Å². The van der Waals surface area contributed by atoms with Crippen LogP contribution in [0.15, 0.2) is 28.7 Å². The Bertz CT molecular complexity index is 567. The highest BCUT2D eigenvalue weighted by molar-refractivity contribution is 7.99. The topological polar surface area (TPSA) is 34.4 Å². The van der Waals surface area contributed by atoms with Crippen LogP contribution in [-0.2, 0) is 0 Å². The van der Waals surface area contributed by atoms with Crippen molar-refractivity contribution in [3.05, 3.63) is 30.0 Å². The molecule has 0 aliphatic carbocycles. The smallest absolute Gasteiger partial charge is 0.176 e. The monoisotopic (exact) mass is 307 g/mol. The number of rotatable bonds is 8. The predicted molar refractivity (Wildman–Crippen MR) is 91.4 cm³/mol. The Balaban J connectivity index is 2.04. The second-order valence-corrected chi connectivity index (χ2v) is 6.70. The highest BCUT2D eigenvalue weighted by Gasteiger charge is 2.15. The minimum absolute atomic E-state index is 0.198. The van der Waals surface area contributed by atoms with Crippen molar-refractivity contribution in [3.63, 3.8) is 0 Å². The second kappa shape index (κ2) is 7.76. The summed E-state index contributed by atoms with van der Waals surface area (Å²) in [5.74, 6) is 4.14. The molecule has 0 aliphatic rings. The lowest BCUT2D eigenvalue weighted by atomic mass is 10.1. The summed E-state index contributed by atoms with van der Waals surface area (Å²) in [5, 5.41) is 4.70. The number of fused-ring (bicyclic) bond motifs is 1. The zero-order chi connectivity index (χ0) is 15.2. The van der Waals surface area contributed by atoms with Gasteiger partial charge in [0.15, 0.2) is 11.3 Å². The van der Waals surface area contributed by atoms with Crippen LogP contribution in [0.4, 0.5) is 0 Å². The van der Waals surface area contributed by atoms with Crippen LogP contribution in [-0.4, -0.2) is 24.7 Å². The maximum Gasteiger partial charge on any atom is 0.176 e. The molecule has 0 bridgehead atoms. The van der Waals surface area contributed by atoms with E-state index in [9.17, 15) is 0 Å². The third kappa shape index (κ3) is 4.17. The number of furan rings is 1. The van der Waals surface area contributed by atoms with E-state index in [1.54, 1.807) is 7.11 Å². The van der Waals surface area contributed by atoms with Crippen molar-refractivity contribution in [3.8, 4) is 5.75 Å². The summed E-state index contributed by atoms with van der Waals surface area (Å²) in [6, 6.07) is 8.75. The first-order valence-electron chi connectivity index (χ1n) is 7.56. The van der Waals surface area contributed by atoms with E-state index in [4.69, 9.17) is 9.15 Å². The number of hydrogen-bond acceptors (Lipinski definition) is 4. The summed E-state index contributed by atoms with van der Waals surface area (Å²) in [5.41, 5.74) is 0.831. The third-order valence-corrected chi connectivity index (χ3v) is 4.54. The van der Waals surface area contributed by atoms with Crippen molar-refractivity contribution >= 4 is 22.7 Å². The Labute approximate surface area is 131 Å². The summed E-state index contributed by atoms with van der Waals surface area (Å²) >= 11 is 1.99. The molecule has 0 amide bonds. The maximum atomic E-state index is 5.99. The fraction of sp³-hybridized carbons (Fsp3) is 0.529. The van der Waals surface area contributed by atoms with E-state index in [0.29, 0.717) is 6.04 Å². The zero-order valence-electron chi connectivity index (χ0n) is 13.3. The molecule has 1 heterocycles. The van der Waals surface area contributed by atoms with Crippen LogP contribution in [0.3, 0.4) is 0 Å². The normalized spacial score (nSPS) is 14.3. The molecule has 0 spiro atoms. The lowest BCUT2D eigenvalue weighted by Gasteiger charge is -2.18. The molecule has 4 heteroatoms. The Hall–Kier alpha value is -1.13. The highest BCUT2D eigenvalue weighted by atomic mass is 32.2. The molecule has 21 heavy (non-hydrogen) atoms. The van der Waals surface area contributed by atoms with Crippen LogP contribution in [0.2, 0.25) is 0 Å². The van der Waals surface area contributed by atoms with Crippen LogP contribution in [0, 0.1) is 0 Å². The largest absolute Gasteiger partial charge is 0.493 e. The molecule has 0 saturated heterocycles. The zero-order valence-corrected chi connectivity index (χ0v) is 14.1. The van der Waals surface area contributed by atoms with Gasteiger partial charge in [0.1, 0.15) is 5.76 Å². The lowest BCUT2D eigenvalue weighted by Crippen LogP contribution is -2.29. The van der Waals surface area contributed by atoms with Crippen LogP contribution >= 0.6 is 11.8 Å². The SMILES string of the molecule is CCSCCC(C)NC(C)c1cc2cccc(OC)c2o1. The second-order valence-electron chi connectivity index (χ2n) is 5.30. The average molecular weight is 307 g/mol. The molecule has 116 valence electrons. The number of benzene rings is 1. The number of methoxy groups -OCH3 is 1. The van der Waals surface area contributed by atoms with Gasteiger partial charge in [0.05, 0.1) is 13.2 Å². The summed E-state index contributed by atoms with van der Waals surface area (Å²) in [7, 11) is 1.67. The van der Waals surface area contributed by atoms with Crippen molar-refractivity contribution in [2.45, 2.75) is 39.3 Å². The lowest BCUT2D eigenvalue weighted by molar-refractivity contribution is 0.388. The Morgan fingerprint density at radius 1 is 1.33 bits per heavy atom. The van der Waals surface area contributed by atoms with Crippen molar-refractivity contribution in [1.29, 1.82) is 0 Å². The number of para-hydroxylation sites is 1.